The van der Waals surface area contributed by atoms with Crippen LogP contribution in [0, 0.1) is 5.92 Å². The van der Waals surface area contributed by atoms with Crippen molar-refractivity contribution in [2.24, 2.45) is 5.92 Å². The minimum absolute atomic E-state index is 0.210. The van der Waals surface area contributed by atoms with Crippen molar-refractivity contribution < 1.29 is 4.79 Å². The lowest BCUT2D eigenvalue weighted by atomic mass is 9.88. The van der Waals surface area contributed by atoms with Crippen LogP contribution >= 0.6 is 0 Å². The molecule has 3 aromatic rings. The number of carbonyl (C=O) groups is 1. The number of carbonyl (C=O) groups excluding carboxylic acids is 1. The van der Waals surface area contributed by atoms with E-state index in [2.05, 4.69) is 63.3 Å². The van der Waals surface area contributed by atoms with Crippen LogP contribution < -0.4 is 4.90 Å². The van der Waals surface area contributed by atoms with Gasteiger partial charge >= 0.3 is 0 Å². The molecular weight excluding hydrogens is 384 g/mol. The second kappa shape index (κ2) is 8.66. The van der Waals surface area contributed by atoms with Gasteiger partial charge in [0.1, 0.15) is 5.69 Å². The highest BCUT2D eigenvalue weighted by Gasteiger charge is 2.32. The maximum atomic E-state index is 13.0. The van der Waals surface area contributed by atoms with Crippen LogP contribution in [-0.2, 0) is 4.79 Å². The largest absolute Gasteiger partial charge is 0.348 e. The fourth-order valence-electron chi connectivity index (χ4n) is 5.19. The van der Waals surface area contributed by atoms with Gasteiger partial charge in [-0.3, -0.25) is 4.79 Å². The van der Waals surface area contributed by atoms with Crippen LogP contribution in [0.3, 0.4) is 0 Å². The second-order valence-electron chi connectivity index (χ2n) is 8.95. The molecule has 1 unspecified atom stereocenters. The van der Waals surface area contributed by atoms with Gasteiger partial charge in [0.05, 0.1) is 0 Å². The lowest BCUT2D eigenvalue weighted by Crippen LogP contribution is -2.55. The Morgan fingerprint density at radius 2 is 1.58 bits per heavy atom. The van der Waals surface area contributed by atoms with E-state index in [9.17, 15) is 4.79 Å². The van der Waals surface area contributed by atoms with Gasteiger partial charge in [0, 0.05) is 47.9 Å². The Hall–Kier alpha value is -2.95. The Labute approximate surface area is 184 Å². The fraction of sp³-hybridized carbons (Fsp3) is 0.423. The number of aromatic nitrogens is 2. The third-order valence-corrected chi connectivity index (χ3v) is 6.88. The molecule has 1 amide bonds. The smallest absolute Gasteiger partial charge is 0.225 e. The predicted molar refractivity (Wildman–Crippen MR) is 125 cm³/mol. The lowest BCUT2D eigenvalue weighted by Gasteiger charge is -2.42. The molecule has 1 saturated heterocycles. The van der Waals surface area contributed by atoms with Crippen LogP contribution in [0.1, 0.15) is 39.0 Å². The quantitative estimate of drug-likeness (QED) is 0.611. The normalized spacial score (nSPS) is 20.2. The zero-order valence-electron chi connectivity index (χ0n) is 18.2. The molecule has 5 rings (SSSR count). The summed E-state index contributed by atoms with van der Waals surface area (Å²) < 4.78 is 0. The Morgan fingerprint density at radius 1 is 0.871 bits per heavy atom. The van der Waals surface area contributed by atoms with Crippen LogP contribution in [0.4, 0.5) is 5.82 Å². The maximum absolute atomic E-state index is 13.0. The Morgan fingerprint density at radius 3 is 2.32 bits per heavy atom. The number of nitrogens with zero attached hydrogens (tertiary/aromatic N) is 4. The number of benzene rings is 2. The van der Waals surface area contributed by atoms with Gasteiger partial charge in [-0.05, 0) is 19.8 Å². The minimum atomic E-state index is 0.210. The van der Waals surface area contributed by atoms with Crippen LogP contribution in [0.15, 0.2) is 54.6 Å². The summed E-state index contributed by atoms with van der Waals surface area (Å²) in [6.45, 7) is 4.51. The fourth-order valence-corrected chi connectivity index (χ4v) is 5.19. The van der Waals surface area contributed by atoms with E-state index in [0.29, 0.717) is 5.91 Å². The predicted octanol–water partition coefficient (Wildman–Crippen LogP) is 4.91. The topological polar surface area (TPSA) is 49.3 Å². The summed E-state index contributed by atoms with van der Waals surface area (Å²) >= 11 is 0. The van der Waals surface area contributed by atoms with Gasteiger partial charge in [-0.15, -0.1) is 10.2 Å². The highest BCUT2D eigenvalue weighted by molar-refractivity contribution is 6.00. The Kier molecular flexibility index (Phi) is 5.58. The first-order valence-electron chi connectivity index (χ1n) is 11.6. The van der Waals surface area contributed by atoms with Crippen molar-refractivity contribution in [2.75, 3.05) is 24.5 Å². The molecule has 5 heteroatoms. The van der Waals surface area contributed by atoms with Crippen molar-refractivity contribution in [3.8, 4) is 11.3 Å². The summed E-state index contributed by atoms with van der Waals surface area (Å²) in [5.74, 6) is 1.52. The molecule has 1 aliphatic heterocycles. The van der Waals surface area contributed by atoms with Gasteiger partial charge < -0.3 is 9.80 Å². The van der Waals surface area contributed by atoms with E-state index in [4.69, 9.17) is 0 Å². The zero-order valence-corrected chi connectivity index (χ0v) is 18.2. The molecule has 5 nitrogen and oxygen atoms in total. The third kappa shape index (κ3) is 3.89. The van der Waals surface area contributed by atoms with Crippen LogP contribution in [0.25, 0.3) is 22.0 Å². The monoisotopic (exact) mass is 414 g/mol. The second-order valence-corrected chi connectivity index (χ2v) is 8.95. The molecule has 0 N–H and O–H groups in total. The van der Waals surface area contributed by atoms with Crippen LogP contribution in [0.2, 0.25) is 0 Å². The Balaban J connectivity index is 1.41. The molecule has 1 saturated carbocycles. The highest BCUT2D eigenvalue weighted by atomic mass is 16.2. The minimum Gasteiger partial charge on any atom is -0.348 e. The number of fused-ring (bicyclic) bond motifs is 1. The number of hydrogen-bond donors (Lipinski definition) is 0. The standard InChI is InChI=1S/C26H30N4O/c1-19-18-29(26(31)21-12-6-3-7-13-21)16-17-30(19)25-23-15-9-8-14-22(23)24(27-28-25)20-10-4-2-5-11-20/h2,4-5,8-11,14-15,19,21H,3,6-7,12-13,16-18H2,1H3. The van der Waals surface area contributed by atoms with Gasteiger partial charge in [0.2, 0.25) is 5.91 Å². The van der Waals surface area contributed by atoms with E-state index in [0.717, 1.165) is 60.3 Å². The average molecular weight is 415 g/mol. The molecule has 31 heavy (non-hydrogen) atoms. The van der Waals surface area contributed by atoms with E-state index in [1.807, 2.05) is 18.2 Å². The van der Waals surface area contributed by atoms with Crippen molar-refractivity contribution >= 4 is 22.5 Å². The molecule has 0 bridgehead atoms. The van der Waals surface area contributed by atoms with Crippen molar-refractivity contribution in [3.05, 3.63) is 54.6 Å². The zero-order chi connectivity index (χ0) is 21.2. The van der Waals surface area contributed by atoms with E-state index < -0.39 is 0 Å². The highest BCUT2D eigenvalue weighted by Crippen LogP contribution is 2.33. The molecular formula is C26H30N4O. The summed E-state index contributed by atoms with van der Waals surface area (Å²) in [4.78, 5) is 17.5. The molecule has 0 spiro atoms. The van der Waals surface area contributed by atoms with Crippen molar-refractivity contribution in [2.45, 2.75) is 45.1 Å². The molecule has 0 radical (unpaired) electrons. The number of hydrogen-bond acceptors (Lipinski definition) is 4. The van der Waals surface area contributed by atoms with E-state index in [-0.39, 0.29) is 12.0 Å². The van der Waals surface area contributed by atoms with E-state index in [1.165, 1.54) is 19.3 Å². The average Bonchev–Trinajstić information content (AvgIpc) is 2.84. The molecule has 1 aliphatic carbocycles. The SMILES string of the molecule is CC1CN(C(=O)C2CCCCC2)CCN1c1nnc(-c2ccccc2)c2ccccc12. The van der Waals surface area contributed by atoms with Gasteiger partial charge in [0.25, 0.3) is 0 Å². The molecule has 1 aromatic heterocycles. The first-order valence-corrected chi connectivity index (χ1v) is 11.6. The number of amides is 1. The van der Waals surface area contributed by atoms with Crippen LogP contribution in [0.5, 0.6) is 0 Å². The Bertz CT molecular complexity index is 1060. The summed E-state index contributed by atoms with van der Waals surface area (Å²) in [7, 11) is 0. The number of piperazine rings is 1. The molecule has 2 fully saturated rings. The van der Waals surface area contributed by atoms with Crippen molar-refractivity contribution in [3.63, 3.8) is 0 Å². The molecule has 160 valence electrons. The first kappa shape index (κ1) is 20.0. The molecule has 2 heterocycles. The summed E-state index contributed by atoms with van der Waals surface area (Å²) in [5, 5.41) is 11.6. The summed E-state index contributed by atoms with van der Waals surface area (Å²) in [6, 6.07) is 18.8. The summed E-state index contributed by atoms with van der Waals surface area (Å²) in [5.41, 5.74) is 1.99. The number of rotatable bonds is 3. The molecule has 2 aliphatic rings. The van der Waals surface area contributed by atoms with Gasteiger partial charge in [0.15, 0.2) is 5.82 Å². The van der Waals surface area contributed by atoms with E-state index >= 15 is 0 Å². The van der Waals surface area contributed by atoms with Crippen molar-refractivity contribution in [1.82, 2.24) is 15.1 Å². The van der Waals surface area contributed by atoms with Gasteiger partial charge in [-0.25, -0.2) is 0 Å². The van der Waals surface area contributed by atoms with Gasteiger partial charge in [-0.1, -0.05) is 73.9 Å². The lowest BCUT2D eigenvalue weighted by molar-refractivity contribution is -0.137. The van der Waals surface area contributed by atoms with Gasteiger partial charge in [-0.2, -0.15) is 0 Å². The maximum Gasteiger partial charge on any atom is 0.225 e. The van der Waals surface area contributed by atoms with Crippen LogP contribution in [-0.4, -0.2) is 46.7 Å². The molecule has 2 aromatic carbocycles. The third-order valence-electron chi connectivity index (χ3n) is 6.88. The summed E-state index contributed by atoms with van der Waals surface area (Å²) in [6.07, 6.45) is 5.79. The first-order chi connectivity index (χ1) is 15.2. The van der Waals surface area contributed by atoms with Crippen molar-refractivity contribution in [1.29, 1.82) is 0 Å². The molecule has 1 atom stereocenters. The number of anilines is 1. The van der Waals surface area contributed by atoms with E-state index in [1.54, 1.807) is 0 Å².